The molecule has 2 unspecified atom stereocenters. The molecule has 0 amide bonds. The van der Waals surface area contributed by atoms with Crippen LogP contribution in [0.25, 0.3) is 0 Å². The van der Waals surface area contributed by atoms with Gasteiger partial charge in [0, 0.05) is 24.2 Å². The molecule has 2 nitrogen and oxygen atoms in total. The number of likely N-dealkylation sites (tertiary alicyclic amines) is 1. The number of rotatable bonds is 5. The van der Waals surface area contributed by atoms with Crippen LogP contribution in [0.3, 0.4) is 0 Å². The molecule has 0 aliphatic carbocycles. The predicted octanol–water partition coefficient (Wildman–Crippen LogP) is 3.80. The summed E-state index contributed by atoms with van der Waals surface area (Å²) in [5.74, 6) is -0.678. The summed E-state index contributed by atoms with van der Waals surface area (Å²) >= 11 is 0. The first kappa shape index (κ1) is 16.4. The third-order valence-electron chi connectivity index (χ3n) is 4.26. The van der Waals surface area contributed by atoms with Gasteiger partial charge in [-0.3, -0.25) is 0 Å². The maximum atomic E-state index is 14.0. The van der Waals surface area contributed by atoms with Crippen molar-refractivity contribution in [2.75, 3.05) is 19.6 Å². The molecule has 0 saturated carbocycles. The molecule has 1 aromatic carbocycles. The second-order valence-corrected chi connectivity index (χ2v) is 6.27. The fourth-order valence-electron chi connectivity index (χ4n) is 3.09. The van der Waals surface area contributed by atoms with E-state index in [1.165, 1.54) is 31.4 Å². The lowest BCUT2D eigenvalue weighted by Gasteiger charge is -2.30. The predicted molar refractivity (Wildman–Crippen MR) is 82.4 cm³/mol. The van der Waals surface area contributed by atoms with Crippen molar-refractivity contribution in [1.82, 2.24) is 10.2 Å². The third kappa shape index (κ3) is 4.48. The van der Waals surface area contributed by atoms with Crippen molar-refractivity contribution in [3.63, 3.8) is 0 Å². The molecule has 2 rings (SSSR count). The van der Waals surface area contributed by atoms with Crippen molar-refractivity contribution in [2.45, 2.75) is 52.1 Å². The van der Waals surface area contributed by atoms with E-state index in [2.05, 4.69) is 17.1 Å². The minimum absolute atomic E-state index is 0.195. The molecular weight excluding hydrogens is 270 g/mol. The Labute approximate surface area is 126 Å². The van der Waals surface area contributed by atoms with Crippen molar-refractivity contribution >= 4 is 0 Å². The van der Waals surface area contributed by atoms with E-state index in [9.17, 15) is 8.78 Å². The van der Waals surface area contributed by atoms with Crippen LogP contribution >= 0.6 is 0 Å². The van der Waals surface area contributed by atoms with E-state index in [1.54, 1.807) is 6.92 Å². The van der Waals surface area contributed by atoms with E-state index < -0.39 is 0 Å². The van der Waals surface area contributed by atoms with E-state index in [4.69, 9.17) is 0 Å². The SMILES string of the molecule is Cc1cc(F)c(C(C)NC(C)CN2CCCCC2)cc1F. The van der Waals surface area contributed by atoms with Gasteiger partial charge >= 0.3 is 0 Å². The van der Waals surface area contributed by atoms with Crippen molar-refractivity contribution in [3.8, 4) is 0 Å². The van der Waals surface area contributed by atoms with Crippen LogP contribution in [-0.2, 0) is 0 Å². The van der Waals surface area contributed by atoms with Crippen molar-refractivity contribution in [3.05, 3.63) is 34.9 Å². The minimum atomic E-state index is -0.344. The highest BCUT2D eigenvalue weighted by atomic mass is 19.1. The van der Waals surface area contributed by atoms with Crippen LogP contribution in [0.15, 0.2) is 12.1 Å². The zero-order valence-corrected chi connectivity index (χ0v) is 13.3. The number of benzene rings is 1. The number of hydrogen-bond donors (Lipinski definition) is 1. The molecule has 4 heteroatoms. The Balaban J connectivity index is 1.93. The van der Waals surface area contributed by atoms with E-state index >= 15 is 0 Å². The average Bonchev–Trinajstić information content (AvgIpc) is 2.43. The van der Waals surface area contributed by atoms with Crippen molar-refractivity contribution in [2.24, 2.45) is 0 Å². The normalized spacial score (nSPS) is 19.5. The third-order valence-corrected chi connectivity index (χ3v) is 4.26. The summed E-state index contributed by atoms with van der Waals surface area (Å²) in [6.45, 7) is 8.83. The lowest BCUT2D eigenvalue weighted by atomic mass is 10.0. The van der Waals surface area contributed by atoms with Gasteiger partial charge in [0.05, 0.1) is 0 Å². The lowest BCUT2D eigenvalue weighted by molar-refractivity contribution is 0.205. The van der Waals surface area contributed by atoms with E-state index in [-0.39, 0.29) is 23.7 Å². The van der Waals surface area contributed by atoms with Crippen LogP contribution in [0.2, 0.25) is 0 Å². The van der Waals surface area contributed by atoms with Crippen LogP contribution in [-0.4, -0.2) is 30.6 Å². The van der Waals surface area contributed by atoms with Gasteiger partial charge in [-0.25, -0.2) is 8.78 Å². The molecule has 118 valence electrons. The average molecular weight is 296 g/mol. The molecule has 1 saturated heterocycles. The fraction of sp³-hybridized carbons (Fsp3) is 0.647. The molecule has 1 fully saturated rings. The Hall–Kier alpha value is -1.00. The summed E-state index contributed by atoms with van der Waals surface area (Å²) in [5.41, 5.74) is 0.758. The first-order valence-electron chi connectivity index (χ1n) is 7.91. The number of nitrogens with zero attached hydrogens (tertiary/aromatic N) is 1. The minimum Gasteiger partial charge on any atom is -0.306 e. The highest BCUT2D eigenvalue weighted by molar-refractivity contribution is 5.27. The summed E-state index contributed by atoms with van der Waals surface area (Å²) in [4.78, 5) is 2.44. The zero-order chi connectivity index (χ0) is 15.4. The lowest BCUT2D eigenvalue weighted by Crippen LogP contribution is -2.42. The Morgan fingerprint density at radius 3 is 2.43 bits per heavy atom. The van der Waals surface area contributed by atoms with Gasteiger partial charge in [0.2, 0.25) is 0 Å². The molecular formula is C17H26F2N2. The molecule has 0 spiro atoms. The number of piperidine rings is 1. The second kappa shape index (κ2) is 7.32. The fourth-order valence-corrected chi connectivity index (χ4v) is 3.09. The summed E-state index contributed by atoms with van der Waals surface area (Å²) in [6, 6.07) is 2.65. The van der Waals surface area contributed by atoms with E-state index in [0.29, 0.717) is 11.1 Å². The van der Waals surface area contributed by atoms with Gasteiger partial charge in [0.25, 0.3) is 0 Å². The van der Waals surface area contributed by atoms with Gasteiger partial charge in [-0.15, -0.1) is 0 Å². The molecule has 0 bridgehead atoms. The maximum Gasteiger partial charge on any atom is 0.128 e. The largest absolute Gasteiger partial charge is 0.306 e. The first-order valence-corrected chi connectivity index (χ1v) is 7.91. The molecule has 1 N–H and O–H groups in total. The summed E-state index contributed by atoms with van der Waals surface area (Å²) in [6.07, 6.45) is 3.85. The smallest absolute Gasteiger partial charge is 0.128 e. The van der Waals surface area contributed by atoms with E-state index in [1.807, 2.05) is 6.92 Å². The van der Waals surface area contributed by atoms with Gasteiger partial charge < -0.3 is 10.2 Å². The highest BCUT2D eigenvalue weighted by Crippen LogP contribution is 2.21. The molecule has 21 heavy (non-hydrogen) atoms. The standard InChI is InChI=1S/C17H26F2N2/c1-12-9-17(19)15(10-16(12)18)14(3)20-13(2)11-21-7-5-4-6-8-21/h9-10,13-14,20H,4-8,11H2,1-3H3. The molecule has 1 heterocycles. The Morgan fingerprint density at radius 2 is 1.76 bits per heavy atom. The number of nitrogens with one attached hydrogen (secondary N) is 1. The molecule has 2 atom stereocenters. The summed E-state index contributed by atoms with van der Waals surface area (Å²) in [7, 11) is 0. The quantitative estimate of drug-likeness (QED) is 0.889. The molecule has 1 aliphatic heterocycles. The molecule has 0 aromatic heterocycles. The topological polar surface area (TPSA) is 15.3 Å². The van der Waals surface area contributed by atoms with Crippen LogP contribution in [0.1, 0.15) is 50.3 Å². The van der Waals surface area contributed by atoms with Crippen LogP contribution in [0.5, 0.6) is 0 Å². The molecule has 1 aromatic rings. The number of halogens is 2. The zero-order valence-electron chi connectivity index (χ0n) is 13.3. The van der Waals surface area contributed by atoms with Gasteiger partial charge in [0.15, 0.2) is 0 Å². The Bertz CT molecular complexity index is 470. The van der Waals surface area contributed by atoms with Crippen molar-refractivity contribution in [1.29, 1.82) is 0 Å². The van der Waals surface area contributed by atoms with Crippen LogP contribution in [0, 0.1) is 18.6 Å². The van der Waals surface area contributed by atoms with E-state index in [0.717, 1.165) is 19.6 Å². The monoisotopic (exact) mass is 296 g/mol. The summed E-state index contributed by atoms with van der Waals surface area (Å²) < 4.78 is 27.6. The van der Waals surface area contributed by atoms with Crippen molar-refractivity contribution < 1.29 is 8.78 Å². The Morgan fingerprint density at radius 1 is 1.10 bits per heavy atom. The van der Waals surface area contributed by atoms with Gasteiger partial charge in [-0.05, 0) is 64.4 Å². The van der Waals surface area contributed by atoms with Crippen LogP contribution < -0.4 is 5.32 Å². The van der Waals surface area contributed by atoms with Gasteiger partial charge in [0.1, 0.15) is 11.6 Å². The van der Waals surface area contributed by atoms with Gasteiger partial charge in [-0.2, -0.15) is 0 Å². The Kier molecular flexibility index (Phi) is 5.71. The molecule has 1 aliphatic rings. The summed E-state index contributed by atoms with van der Waals surface area (Å²) in [5, 5.41) is 3.38. The van der Waals surface area contributed by atoms with Crippen LogP contribution in [0.4, 0.5) is 8.78 Å². The van der Waals surface area contributed by atoms with Gasteiger partial charge in [-0.1, -0.05) is 6.42 Å². The molecule has 0 radical (unpaired) electrons. The first-order chi connectivity index (χ1) is 9.97. The highest BCUT2D eigenvalue weighted by Gasteiger charge is 2.18. The number of hydrogen-bond acceptors (Lipinski definition) is 2. The second-order valence-electron chi connectivity index (χ2n) is 6.27. The number of aryl methyl sites for hydroxylation is 1. The maximum absolute atomic E-state index is 14.0.